The maximum atomic E-state index is 16.2. The van der Waals surface area contributed by atoms with E-state index in [1.807, 2.05) is 29.0 Å². The molecule has 12 atom stereocenters. The van der Waals surface area contributed by atoms with Crippen molar-refractivity contribution in [3.05, 3.63) is 102 Å². The number of rotatable bonds is 23. The number of hydrogen-bond acceptors (Lipinski definition) is 24. The average Bonchev–Trinajstić information content (AvgIpc) is 1.73. The van der Waals surface area contributed by atoms with E-state index < -0.39 is 147 Å². The number of benzene rings is 3. The van der Waals surface area contributed by atoms with Gasteiger partial charge in [0.05, 0.1) is 38.1 Å². The van der Waals surface area contributed by atoms with Gasteiger partial charge < -0.3 is 64.6 Å². The van der Waals surface area contributed by atoms with Crippen LogP contribution in [-0.4, -0.2) is 166 Å². The summed E-state index contributed by atoms with van der Waals surface area (Å²) in [5.74, 6) is -12.2. The highest BCUT2D eigenvalue weighted by Gasteiger charge is 2.57. The van der Waals surface area contributed by atoms with Crippen molar-refractivity contribution < 1.29 is 97.3 Å². The molecule has 0 unspecified atom stereocenters. The number of halogens is 7. The molecule has 7 aromatic rings. The van der Waals surface area contributed by atoms with E-state index in [9.17, 15) is 56.0 Å². The van der Waals surface area contributed by atoms with Crippen molar-refractivity contribution in [2.24, 2.45) is 0 Å². The first-order valence-corrected chi connectivity index (χ1v) is 33.7. The van der Waals surface area contributed by atoms with Gasteiger partial charge in [0.15, 0.2) is 81.0 Å². The summed E-state index contributed by atoms with van der Waals surface area (Å²) in [4.78, 5) is 54.2. The van der Waals surface area contributed by atoms with Crippen LogP contribution < -0.4 is 45.8 Å². The van der Waals surface area contributed by atoms with E-state index in [0.29, 0.717) is 40.4 Å². The second-order valence-corrected chi connectivity index (χ2v) is 28.0. The lowest BCUT2D eigenvalue weighted by Gasteiger charge is -2.25. The summed E-state index contributed by atoms with van der Waals surface area (Å²) in [7, 11) is -5.54. The zero-order valence-electron chi connectivity index (χ0n) is 54.1. The Bertz CT molecular complexity index is 4040. The molecule has 37 heteroatoms. The summed E-state index contributed by atoms with van der Waals surface area (Å²) in [6.07, 6.45) is -2.13. The normalized spacial score (nSPS) is 24.1. The number of carbonyl (C=O) groups is 2. The van der Waals surface area contributed by atoms with Gasteiger partial charge in [-0.3, -0.25) is 27.8 Å². The molecule has 2 aliphatic heterocycles. The van der Waals surface area contributed by atoms with Gasteiger partial charge in [0, 0.05) is 26.2 Å². The summed E-state index contributed by atoms with van der Waals surface area (Å²) < 4.78 is 169. The number of carbonyl (C=O) groups excluding carboxylic acids is 2. The number of aromatic nitrogens is 8. The molecule has 28 nitrogen and oxygen atoms in total. The molecule has 4 fully saturated rings. The number of nitrogens with zero attached hydrogens (tertiary/aromatic N) is 10. The molecule has 6 heterocycles. The van der Waals surface area contributed by atoms with Crippen LogP contribution in [0.3, 0.4) is 0 Å². The molecular formula is C60H75F7N14O14P2. The highest BCUT2D eigenvalue weighted by molar-refractivity contribution is 7.65. The molecule has 3 aromatic carbocycles. The van der Waals surface area contributed by atoms with Crippen LogP contribution in [0.5, 0.6) is 11.5 Å². The third kappa shape index (κ3) is 16.0. The Labute approximate surface area is 551 Å². The number of esters is 2. The second-order valence-electron chi connectivity index (χ2n) is 24.3. The van der Waals surface area contributed by atoms with Crippen molar-refractivity contribution in [2.45, 2.75) is 166 Å². The average molecular weight is 1410 g/mol. The Kier molecular flexibility index (Phi) is 22.2. The number of alkyl halides is 2. The van der Waals surface area contributed by atoms with E-state index in [1.165, 1.54) is 80.7 Å². The first-order chi connectivity index (χ1) is 45.6. The van der Waals surface area contributed by atoms with E-state index in [0.717, 1.165) is 32.6 Å². The lowest BCUT2D eigenvalue weighted by atomic mass is 9.98. The number of para-hydroxylation sites is 2. The molecule has 2 aliphatic carbocycles. The summed E-state index contributed by atoms with van der Waals surface area (Å²) in [6.45, 7) is 10.3. The predicted octanol–water partition coefficient (Wildman–Crippen LogP) is 7.32. The molecule has 11 rings (SSSR count). The molecule has 0 spiro atoms. The van der Waals surface area contributed by atoms with Crippen LogP contribution in [0.4, 0.5) is 54.3 Å². The van der Waals surface area contributed by atoms with E-state index in [4.69, 9.17) is 44.0 Å². The number of nitrogen functional groups attached to an aromatic ring is 2. The molecule has 97 heavy (non-hydrogen) atoms. The number of hydrogen-bond donors (Lipinski definition) is 7. The number of aliphatic hydroxyl groups is 3. The van der Waals surface area contributed by atoms with Gasteiger partial charge in [-0.25, -0.2) is 50.4 Å². The van der Waals surface area contributed by atoms with Crippen molar-refractivity contribution in [1.29, 1.82) is 0 Å². The maximum Gasteiger partial charge on any atom is 0.459 e. The number of nitrogens with one attached hydrogen (secondary N) is 2. The first-order valence-electron chi connectivity index (χ1n) is 30.5. The Balaban J connectivity index is 0.000000179. The van der Waals surface area contributed by atoms with Crippen molar-refractivity contribution in [2.75, 3.05) is 48.6 Å². The quantitative estimate of drug-likeness (QED) is 0.0108. The van der Waals surface area contributed by atoms with Crippen molar-refractivity contribution >= 4 is 78.4 Å². The SMILES string of the molecule is CC(C)OC(=O)[C@H](C)N[P@](=O)(OC[C@H]1O[C@@H](n2cnc3c(N(C)C4CC4)nc(N)nc32)[C@](C)(F)[C@@H]1O)Oc1ccccc1.CC(C)OC(=O)[C@H](C)N[P@](=O)(Oc1ccccc1)c1c(F)c(F)c(F)c(F)c1F.CN(c1nc(N)nc2c1ncn2[C@@H]1O[C@H](CO)[C@@H](O)[C@@]1(C)F)C1CC1. The van der Waals surface area contributed by atoms with Crippen LogP contribution in [0.1, 0.15) is 93.5 Å². The van der Waals surface area contributed by atoms with Crippen LogP contribution in [0.25, 0.3) is 22.3 Å². The Morgan fingerprint density at radius 1 is 0.639 bits per heavy atom. The van der Waals surface area contributed by atoms with Gasteiger partial charge in [0.2, 0.25) is 17.7 Å². The van der Waals surface area contributed by atoms with Crippen LogP contribution in [0.2, 0.25) is 0 Å². The van der Waals surface area contributed by atoms with E-state index >= 15 is 8.78 Å². The van der Waals surface area contributed by atoms with E-state index in [1.54, 1.807) is 50.2 Å². The van der Waals surface area contributed by atoms with Gasteiger partial charge in [-0.05, 0) is 105 Å². The monoisotopic (exact) mass is 1410 g/mol. The van der Waals surface area contributed by atoms with Crippen molar-refractivity contribution in [3.63, 3.8) is 0 Å². The molecule has 9 N–H and O–H groups in total. The lowest BCUT2D eigenvalue weighted by molar-refractivity contribution is -0.149. The van der Waals surface area contributed by atoms with Crippen LogP contribution in [0, 0.1) is 29.1 Å². The maximum absolute atomic E-state index is 16.2. The zero-order valence-corrected chi connectivity index (χ0v) is 55.9. The Hall–Kier alpha value is -7.85. The number of anilines is 4. The largest absolute Gasteiger partial charge is 0.462 e. The third-order valence-electron chi connectivity index (χ3n) is 15.8. The van der Waals surface area contributed by atoms with Crippen LogP contribution >= 0.6 is 15.3 Å². The minimum atomic E-state index is -5.04. The number of ether oxygens (including phenoxy) is 4. The summed E-state index contributed by atoms with van der Waals surface area (Å²) in [5, 5.41) is 33.3. The molecule has 4 aliphatic rings. The minimum absolute atomic E-state index is 0.0223. The Morgan fingerprint density at radius 3 is 1.43 bits per heavy atom. The number of fused-ring (bicyclic) bond motifs is 2. The van der Waals surface area contributed by atoms with Gasteiger partial charge >= 0.3 is 27.2 Å². The standard InChI is InChI=1S/C27H37FN7O7P.C18H17F5NO4P.C15H21FN6O3/c1-15(2)40-24(37)16(3)33-43(38,42-18-9-7-6-8-10-18)39-13-19-21(36)27(4,28)25(41-19)35-14-30-20-22(34(5)17-11-12-17)31-26(29)32-23(20)35;1-9(2)27-18(25)10(3)24-29(26,28-11-7-5-4-6-8-11)17-15(22)13(20)12(19)14(21)16(17)23;1-15(16)10(24)8(5-23)25-13(15)22-6-18-9-11(21(2)7-3-4-7)19-14(17)20-12(9)22/h6-10,14-17,19,21,25,36H,11-13H2,1-5H3,(H,33,38)(H2,29,31,32);4-10H,1-3H3,(H,24,26);6-8,10,13,23-24H,3-5H2,1-2H3,(H2,17,19,20)/t16-,19+,21+,25+,27+,43-;10-,29+;8-,10-,13-,15-/m001/s1. The third-order valence-corrected chi connectivity index (χ3v) is 19.6. The summed E-state index contributed by atoms with van der Waals surface area (Å²) in [5.41, 5.74) is 8.83. The first kappa shape index (κ1) is 73.4. The lowest BCUT2D eigenvalue weighted by Crippen LogP contribution is -2.41. The fourth-order valence-corrected chi connectivity index (χ4v) is 13.9. The van der Waals surface area contributed by atoms with Crippen molar-refractivity contribution in [3.8, 4) is 11.5 Å². The Morgan fingerprint density at radius 2 is 1.03 bits per heavy atom. The smallest absolute Gasteiger partial charge is 0.459 e. The second kappa shape index (κ2) is 29.3. The number of aliphatic hydroxyl groups excluding tert-OH is 3. The molecule has 2 saturated heterocycles. The van der Waals surface area contributed by atoms with Crippen LogP contribution in [-0.2, 0) is 42.2 Å². The summed E-state index contributed by atoms with van der Waals surface area (Å²) >= 11 is 0. The molecule has 0 radical (unpaired) electrons. The fraction of sp³-hybridized carbons (Fsp3) is 0.500. The zero-order chi connectivity index (χ0) is 71.0. The molecule has 0 bridgehead atoms. The van der Waals surface area contributed by atoms with Gasteiger partial charge in [0.1, 0.15) is 53.3 Å². The minimum Gasteiger partial charge on any atom is -0.462 e. The van der Waals surface area contributed by atoms with Gasteiger partial charge in [0.25, 0.3) is 0 Å². The van der Waals surface area contributed by atoms with E-state index in [2.05, 4.69) is 35.0 Å². The predicted molar refractivity (Wildman–Crippen MR) is 337 cm³/mol. The molecule has 2 saturated carbocycles. The molecular weight excluding hydrogens is 1340 g/mol. The van der Waals surface area contributed by atoms with E-state index in [-0.39, 0.29) is 29.0 Å². The topological polar surface area (TPSA) is 363 Å². The number of nitrogens with two attached hydrogens (primary N) is 2. The van der Waals surface area contributed by atoms with Gasteiger partial charge in [-0.15, -0.1) is 0 Å². The number of imidazole rings is 2. The molecule has 528 valence electrons. The fourth-order valence-electron chi connectivity index (χ4n) is 10.4. The highest BCUT2D eigenvalue weighted by Crippen LogP contribution is 2.50. The van der Waals surface area contributed by atoms with Gasteiger partial charge in [-0.2, -0.15) is 25.0 Å². The highest BCUT2D eigenvalue weighted by atomic mass is 31.2. The van der Waals surface area contributed by atoms with Crippen molar-refractivity contribution in [1.82, 2.24) is 49.2 Å². The van der Waals surface area contributed by atoms with Gasteiger partial charge in [-0.1, -0.05) is 36.4 Å². The molecule has 0 amide bonds. The van der Waals surface area contributed by atoms with Crippen LogP contribution in [0.15, 0.2) is 73.3 Å². The summed E-state index contributed by atoms with van der Waals surface area (Å²) in [6, 6.07) is 13.2. The molecule has 4 aromatic heterocycles.